The molecule has 0 bridgehead atoms. The number of rotatable bonds is 4. The number of carbonyl (C=O) groups is 1. The highest BCUT2D eigenvalue weighted by atomic mass is 19.1. The van der Waals surface area contributed by atoms with E-state index in [4.69, 9.17) is 4.74 Å². The highest BCUT2D eigenvalue weighted by molar-refractivity contribution is 6.02. The molecule has 108 valence electrons. The molecule has 0 aromatic heterocycles. The van der Waals surface area contributed by atoms with Crippen LogP contribution < -0.4 is 10.1 Å². The molecule has 0 aliphatic carbocycles. The van der Waals surface area contributed by atoms with Gasteiger partial charge in [-0.1, -0.05) is 18.2 Å². The topological polar surface area (TPSA) is 38.3 Å². The van der Waals surface area contributed by atoms with Crippen molar-refractivity contribution in [3.8, 4) is 5.75 Å². The van der Waals surface area contributed by atoms with Crippen molar-refractivity contribution >= 4 is 17.7 Å². The van der Waals surface area contributed by atoms with Gasteiger partial charge in [0.05, 0.1) is 12.8 Å². The highest BCUT2D eigenvalue weighted by Crippen LogP contribution is 2.16. The SMILES string of the molecule is COc1cccc(/C=C/C(=O)Nc2ccc(C)cc2F)c1. The van der Waals surface area contributed by atoms with Gasteiger partial charge in [0.1, 0.15) is 11.6 Å². The van der Waals surface area contributed by atoms with Crippen molar-refractivity contribution in [3.05, 3.63) is 65.5 Å². The van der Waals surface area contributed by atoms with Gasteiger partial charge in [0.25, 0.3) is 0 Å². The molecular formula is C17H16FNO2. The zero-order valence-corrected chi connectivity index (χ0v) is 11.9. The first-order chi connectivity index (χ1) is 10.1. The van der Waals surface area contributed by atoms with Crippen LogP contribution in [0.15, 0.2) is 48.5 Å². The summed E-state index contributed by atoms with van der Waals surface area (Å²) in [6.45, 7) is 1.79. The van der Waals surface area contributed by atoms with Gasteiger partial charge < -0.3 is 10.1 Å². The molecule has 0 fully saturated rings. The number of amides is 1. The normalized spacial score (nSPS) is 10.6. The van der Waals surface area contributed by atoms with E-state index in [0.29, 0.717) is 5.75 Å². The Bertz CT molecular complexity index is 680. The van der Waals surface area contributed by atoms with Crippen molar-refractivity contribution in [2.75, 3.05) is 12.4 Å². The minimum Gasteiger partial charge on any atom is -0.497 e. The maximum atomic E-state index is 13.6. The van der Waals surface area contributed by atoms with Crippen molar-refractivity contribution in [3.63, 3.8) is 0 Å². The summed E-state index contributed by atoms with van der Waals surface area (Å²) in [4.78, 5) is 11.8. The third-order valence-corrected chi connectivity index (χ3v) is 2.90. The molecule has 2 aromatic carbocycles. The molecule has 3 nitrogen and oxygen atoms in total. The predicted molar refractivity (Wildman–Crippen MR) is 81.8 cm³/mol. The van der Waals surface area contributed by atoms with Crippen LogP contribution in [-0.2, 0) is 4.79 Å². The van der Waals surface area contributed by atoms with Crippen molar-refractivity contribution < 1.29 is 13.9 Å². The molecule has 0 aliphatic heterocycles. The molecule has 2 rings (SSSR count). The smallest absolute Gasteiger partial charge is 0.248 e. The highest BCUT2D eigenvalue weighted by Gasteiger charge is 2.04. The first-order valence-electron chi connectivity index (χ1n) is 6.48. The van der Waals surface area contributed by atoms with E-state index in [1.807, 2.05) is 18.2 Å². The second-order valence-corrected chi connectivity index (χ2v) is 4.58. The fraction of sp³-hybridized carbons (Fsp3) is 0.118. The van der Waals surface area contributed by atoms with Crippen LogP contribution in [0.4, 0.5) is 10.1 Å². The summed E-state index contributed by atoms with van der Waals surface area (Å²) in [5, 5.41) is 2.50. The minimum atomic E-state index is -0.446. The number of ether oxygens (including phenoxy) is 1. The summed E-state index contributed by atoms with van der Waals surface area (Å²) in [5.41, 5.74) is 1.80. The van der Waals surface area contributed by atoms with Gasteiger partial charge in [-0.2, -0.15) is 0 Å². The molecule has 2 aromatic rings. The maximum absolute atomic E-state index is 13.6. The van der Waals surface area contributed by atoms with Crippen LogP contribution >= 0.6 is 0 Å². The van der Waals surface area contributed by atoms with Gasteiger partial charge in [0.15, 0.2) is 0 Å². The van der Waals surface area contributed by atoms with Gasteiger partial charge in [-0.05, 0) is 48.4 Å². The third-order valence-electron chi connectivity index (χ3n) is 2.90. The Morgan fingerprint density at radius 3 is 2.76 bits per heavy atom. The van der Waals surface area contributed by atoms with Crippen LogP contribution in [0, 0.1) is 12.7 Å². The number of aryl methyl sites for hydroxylation is 1. The lowest BCUT2D eigenvalue weighted by molar-refractivity contribution is -0.111. The fourth-order valence-electron chi connectivity index (χ4n) is 1.81. The zero-order valence-electron chi connectivity index (χ0n) is 11.9. The van der Waals surface area contributed by atoms with Crippen LogP contribution in [-0.4, -0.2) is 13.0 Å². The summed E-state index contributed by atoms with van der Waals surface area (Å²) >= 11 is 0. The molecule has 0 atom stereocenters. The molecule has 0 heterocycles. The van der Waals surface area contributed by atoms with Gasteiger partial charge in [0.2, 0.25) is 5.91 Å². The summed E-state index contributed by atoms with van der Waals surface area (Å²) < 4.78 is 18.7. The zero-order chi connectivity index (χ0) is 15.2. The molecule has 0 unspecified atom stereocenters. The first-order valence-corrected chi connectivity index (χ1v) is 6.48. The van der Waals surface area contributed by atoms with E-state index >= 15 is 0 Å². The molecule has 0 saturated heterocycles. The number of hydrogen-bond donors (Lipinski definition) is 1. The summed E-state index contributed by atoms with van der Waals surface area (Å²) in [7, 11) is 1.58. The van der Waals surface area contributed by atoms with E-state index in [1.54, 1.807) is 38.3 Å². The Morgan fingerprint density at radius 1 is 1.24 bits per heavy atom. The summed E-state index contributed by atoms with van der Waals surface area (Å²) in [5.74, 6) is -0.124. The minimum absolute atomic E-state index is 0.167. The lowest BCUT2D eigenvalue weighted by atomic mass is 10.2. The van der Waals surface area contributed by atoms with Crippen LogP contribution in [0.3, 0.4) is 0 Å². The third kappa shape index (κ3) is 4.18. The largest absolute Gasteiger partial charge is 0.497 e. The van der Waals surface area contributed by atoms with Crippen molar-refractivity contribution in [2.45, 2.75) is 6.92 Å². The number of nitrogens with one attached hydrogen (secondary N) is 1. The van der Waals surface area contributed by atoms with Gasteiger partial charge in [-0.15, -0.1) is 0 Å². The number of carbonyl (C=O) groups excluding carboxylic acids is 1. The average molecular weight is 285 g/mol. The van der Waals surface area contributed by atoms with Crippen LogP contribution in [0.5, 0.6) is 5.75 Å². The maximum Gasteiger partial charge on any atom is 0.248 e. The van der Waals surface area contributed by atoms with Gasteiger partial charge in [-0.3, -0.25) is 4.79 Å². The molecule has 0 saturated carbocycles. The van der Waals surface area contributed by atoms with Gasteiger partial charge in [0, 0.05) is 6.08 Å². The summed E-state index contributed by atoms with van der Waals surface area (Å²) in [6, 6.07) is 12.0. The van der Waals surface area contributed by atoms with E-state index in [9.17, 15) is 9.18 Å². The standard InChI is InChI=1S/C17H16FNO2/c1-12-6-8-16(15(18)10-12)19-17(20)9-7-13-4-3-5-14(11-13)21-2/h3-11H,1-2H3,(H,19,20)/b9-7+. The Balaban J connectivity index is 2.05. The number of halogens is 1. The Labute approximate surface area is 123 Å². The van der Waals surface area contributed by atoms with E-state index in [2.05, 4.69) is 5.32 Å². The molecule has 0 radical (unpaired) electrons. The second-order valence-electron chi connectivity index (χ2n) is 4.58. The molecule has 1 N–H and O–H groups in total. The lowest BCUT2D eigenvalue weighted by Crippen LogP contribution is -2.09. The number of benzene rings is 2. The Morgan fingerprint density at radius 2 is 2.05 bits per heavy atom. The monoisotopic (exact) mass is 285 g/mol. The van der Waals surface area contributed by atoms with Gasteiger partial charge in [-0.25, -0.2) is 4.39 Å². The Kier molecular flexibility index (Phi) is 4.72. The van der Waals surface area contributed by atoms with Crippen molar-refractivity contribution in [1.82, 2.24) is 0 Å². The van der Waals surface area contributed by atoms with E-state index in [0.717, 1.165) is 11.1 Å². The molecule has 4 heteroatoms. The van der Waals surface area contributed by atoms with Crippen LogP contribution in [0.2, 0.25) is 0 Å². The quantitative estimate of drug-likeness (QED) is 0.868. The van der Waals surface area contributed by atoms with E-state index < -0.39 is 5.82 Å². The molecular weight excluding hydrogens is 269 g/mol. The first kappa shape index (κ1) is 14.8. The molecule has 21 heavy (non-hydrogen) atoms. The van der Waals surface area contributed by atoms with Crippen molar-refractivity contribution in [2.24, 2.45) is 0 Å². The van der Waals surface area contributed by atoms with Crippen LogP contribution in [0.1, 0.15) is 11.1 Å². The molecule has 0 spiro atoms. The average Bonchev–Trinajstić information content (AvgIpc) is 2.48. The van der Waals surface area contributed by atoms with E-state index in [1.165, 1.54) is 12.1 Å². The number of methoxy groups -OCH3 is 1. The lowest BCUT2D eigenvalue weighted by Gasteiger charge is -2.04. The molecule has 1 amide bonds. The number of hydrogen-bond acceptors (Lipinski definition) is 2. The Hall–Kier alpha value is -2.62. The fourth-order valence-corrected chi connectivity index (χ4v) is 1.81. The number of anilines is 1. The second kappa shape index (κ2) is 6.70. The summed E-state index contributed by atoms with van der Waals surface area (Å²) in [6.07, 6.45) is 3.00. The van der Waals surface area contributed by atoms with E-state index in [-0.39, 0.29) is 11.6 Å². The van der Waals surface area contributed by atoms with Gasteiger partial charge >= 0.3 is 0 Å². The molecule has 0 aliphatic rings. The predicted octanol–water partition coefficient (Wildman–Crippen LogP) is 3.79. The van der Waals surface area contributed by atoms with Crippen LogP contribution in [0.25, 0.3) is 6.08 Å². The van der Waals surface area contributed by atoms with Crippen molar-refractivity contribution in [1.29, 1.82) is 0 Å².